The highest BCUT2D eigenvalue weighted by Gasteiger charge is 2.23. The van der Waals surface area contributed by atoms with E-state index in [-0.39, 0.29) is 17.9 Å². The molecule has 5 rings (SSSR count). The van der Waals surface area contributed by atoms with Gasteiger partial charge in [-0.05, 0) is 30.7 Å². The van der Waals surface area contributed by atoms with Gasteiger partial charge in [-0.25, -0.2) is 9.97 Å². The third kappa shape index (κ3) is 4.34. The van der Waals surface area contributed by atoms with E-state index in [1.54, 1.807) is 48.5 Å². The molecule has 4 aromatic rings. The van der Waals surface area contributed by atoms with Gasteiger partial charge in [-0.15, -0.1) is 0 Å². The highest BCUT2D eigenvalue weighted by Crippen LogP contribution is 2.26. The lowest BCUT2D eigenvalue weighted by atomic mass is 10.0. The maximum atomic E-state index is 13.1. The summed E-state index contributed by atoms with van der Waals surface area (Å²) in [5.41, 5.74) is 1.72. The van der Waals surface area contributed by atoms with Crippen LogP contribution < -0.4 is 15.1 Å². The van der Waals surface area contributed by atoms with Crippen molar-refractivity contribution in [3.8, 4) is 16.9 Å². The quantitative estimate of drug-likeness (QED) is 0.455. The molecule has 0 radical (unpaired) electrons. The van der Waals surface area contributed by atoms with Crippen molar-refractivity contribution in [2.24, 2.45) is 0 Å². The first-order chi connectivity index (χ1) is 16.6. The number of piperazine rings is 1. The SMILES string of the molecule is Cc1oc2cc(OCC(=O)N3CCN(c4ncccn4)CC3)ccc2c(=O)c1-c1ccccc1. The number of hydrogen-bond donors (Lipinski definition) is 0. The predicted molar refractivity (Wildman–Crippen MR) is 129 cm³/mol. The third-order valence-corrected chi connectivity index (χ3v) is 5.93. The van der Waals surface area contributed by atoms with E-state index < -0.39 is 0 Å². The van der Waals surface area contributed by atoms with Crippen molar-refractivity contribution < 1.29 is 13.9 Å². The molecule has 0 N–H and O–H groups in total. The second-order valence-corrected chi connectivity index (χ2v) is 8.09. The molecule has 2 aromatic carbocycles. The molecule has 1 aliphatic heterocycles. The highest BCUT2D eigenvalue weighted by molar-refractivity contribution is 5.84. The fraction of sp³-hybridized carbons (Fsp3) is 0.231. The van der Waals surface area contributed by atoms with Gasteiger partial charge in [0, 0.05) is 44.6 Å². The molecular formula is C26H24N4O4. The Labute approximate surface area is 196 Å². The molecule has 1 amide bonds. The van der Waals surface area contributed by atoms with Crippen LogP contribution in [0, 0.1) is 6.92 Å². The van der Waals surface area contributed by atoms with E-state index >= 15 is 0 Å². The van der Waals surface area contributed by atoms with Crippen LogP contribution in [0.25, 0.3) is 22.1 Å². The summed E-state index contributed by atoms with van der Waals surface area (Å²) in [6.07, 6.45) is 3.42. The molecule has 1 aliphatic rings. The molecule has 0 bridgehead atoms. The van der Waals surface area contributed by atoms with Crippen LogP contribution in [-0.2, 0) is 4.79 Å². The lowest BCUT2D eigenvalue weighted by Crippen LogP contribution is -2.50. The summed E-state index contributed by atoms with van der Waals surface area (Å²) < 4.78 is 11.7. The lowest BCUT2D eigenvalue weighted by molar-refractivity contribution is -0.133. The second-order valence-electron chi connectivity index (χ2n) is 8.09. The summed E-state index contributed by atoms with van der Waals surface area (Å²) in [6.45, 7) is 4.18. The molecule has 0 aliphatic carbocycles. The van der Waals surface area contributed by atoms with Crippen LogP contribution in [0.5, 0.6) is 5.75 Å². The number of carbonyl (C=O) groups excluding carboxylic acids is 1. The van der Waals surface area contributed by atoms with Crippen molar-refractivity contribution in [1.29, 1.82) is 0 Å². The lowest BCUT2D eigenvalue weighted by Gasteiger charge is -2.34. The van der Waals surface area contributed by atoms with Crippen molar-refractivity contribution in [3.63, 3.8) is 0 Å². The van der Waals surface area contributed by atoms with E-state index in [1.165, 1.54) is 0 Å². The number of amides is 1. The molecule has 8 heteroatoms. The monoisotopic (exact) mass is 456 g/mol. The van der Waals surface area contributed by atoms with Gasteiger partial charge >= 0.3 is 0 Å². The van der Waals surface area contributed by atoms with Gasteiger partial charge in [0.1, 0.15) is 17.1 Å². The summed E-state index contributed by atoms with van der Waals surface area (Å²) in [5, 5.41) is 0.474. The minimum atomic E-state index is -0.0919. The number of aryl methyl sites for hydroxylation is 1. The van der Waals surface area contributed by atoms with Crippen LogP contribution in [0.4, 0.5) is 5.95 Å². The Bertz CT molecular complexity index is 1360. The van der Waals surface area contributed by atoms with Gasteiger partial charge in [0.15, 0.2) is 6.61 Å². The molecule has 1 fully saturated rings. The van der Waals surface area contributed by atoms with E-state index in [4.69, 9.17) is 9.15 Å². The van der Waals surface area contributed by atoms with Crippen molar-refractivity contribution in [2.75, 3.05) is 37.7 Å². The Morgan fingerprint density at radius 1 is 1.00 bits per heavy atom. The molecule has 0 atom stereocenters. The molecule has 2 aromatic heterocycles. The van der Waals surface area contributed by atoms with Gasteiger partial charge in [-0.2, -0.15) is 0 Å². The van der Waals surface area contributed by atoms with E-state index in [2.05, 4.69) is 14.9 Å². The topological polar surface area (TPSA) is 88.8 Å². The van der Waals surface area contributed by atoms with Crippen molar-refractivity contribution in [3.05, 3.63) is 83.0 Å². The Morgan fingerprint density at radius 2 is 1.74 bits per heavy atom. The number of aromatic nitrogens is 2. The Kier molecular flexibility index (Phi) is 5.95. The summed E-state index contributed by atoms with van der Waals surface area (Å²) >= 11 is 0. The zero-order valence-electron chi connectivity index (χ0n) is 18.8. The van der Waals surface area contributed by atoms with Crippen LogP contribution in [0.3, 0.4) is 0 Å². The largest absolute Gasteiger partial charge is 0.484 e. The van der Waals surface area contributed by atoms with Crippen LogP contribution in [0.2, 0.25) is 0 Å². The molecule has 0 spiro atoms. The number of rotatable bonds is 5. The summed E-state index contributed by atoms with van der Waals surface area (Å²) in [5.74, 6) is 1.60. The van der Waals surface area contributed by atoms with Crippen LogP contribution in [-0.4, -0.2) is 53.6 Å². The number of ether oxygens (including phenoxy) is 1. The fourth-order valence-electron chi connectivity index (χ4n) is 4.16. The molecule has 3 heterocycles. The van der Waals surface area contributed by atoms with Crippen LogP contribution in [0.1, 0.15) is 5.76 Å². The minimum absolute atomic E-state index is 0.0847. The van der Waals surface area contributed by atoms with Crippen LogP contribution in [0.15, 0.2) is 76.2 Å². The number of fused-ring (bicyclic) bond motifs is 1. The molecule has 1 saturated heterocycles. The third-order valence-electron chi connectivity index (χ3n) is 5.93. The van der Waals surface area contributed by atoms with Gasteiger partial charge in [-0.1, -0.05) is 30.3 Å². The molecular weight excluding hydrogens is 432 g/mol. The highest BCUT2D eigenvalue weighted by atomic mass is 16.5. The molecule has 8 nitrogen and oxygen atoms in total. The van der Waals surface area contributed by atoms with Gasteiger partial charge in [-0.3, -0.25) is 9.59 Å². The number of carbonyl (C=O) groups is 1. The summed E-state index contributed by atoms with van der Waals surface area (Å²) in [6, 6.07) is 16.3. The first-order valence-electron chi connectivity index (χ1n) is 11.2. The van der Waals surface area contributed by atoms with Gasteiger partial charge in [0.25, 0.3) is 5.91 Å². The smallest absolute Gasteiger partial charge is 0.260 e. The maximum absolute atomic E-state index is 13.1. The Balaban J connectivity index is 1.25. The van der Waals surface area contributed by atoms with Crippen molar-refractivity contribution in [1.82, 2.24) is 14.9 Å². The van der Waals surface area contributed by atoms with E-state index in [1.807, 2.05) is 30.3 Å². The number of benzene rings is 2. The molecule has 0 saturated carbocycles. The molecule has 34 heavy (non-hydrogen) atoms. The minimum Gasteiger partial charge on any atom is -0.484 e. The fourth-order valence-corrected chi connectivity index (χ4v) is 4.16. The van der Waals surface area contributed by atoms with E-state index in [9.17, 15) is 9.59 Å². The second kappa shape index (κ2) is 9.35. The first-order valence-corrected chi connectivity index (χ1v) is 11.2. The van der Waals surface area contributed by atoms with Crippen molar-refractivity contribution >= 4 is 22.8 Å². The predicted octanol–water partition coefficient (Wildman–Crippen LogP) is 3.29. The molecule has 172 valence electrons. The number of anilines is 1. The summed E-state index contributed by atoms with van der Waals surface area (Å²) in [4.78, 5) is 38.1. The Morgan fingerprint density at radius 3 is 2.47 bits per heavy atom. The van der Waals surface area contributed by atoms with E-state index in [0.29, 0.717) is 60.2 Å². The standard InChI is InChI=1S/C26H24N4O4/c1-18-24(19-6-3-2-4-7-19)25(32)21-9-8-20(16-22(21)34-18)33-17-23(31)29-12-14-30(15-13-29)26-27-10-5-11-28-26/h2-11,16H,12-15,17H2,1H3. The average Bonchev–Trinajstić information content (AvgIpc) is 2.88. The summed E-state index contributed by atoms with van der Waals surface area (Å²) in [7, 11) is 0. The number of nitrogens with zero attached hydrogens (tertiary/aromatic N) is 4. The average molecular weight is 457 g/mol. The normalized spacial score (nSPS) is 13.8. The number of hydrogen-bond acceptors (Lipinski definition) is 7. The molecule has 0 unspecified atom stereocenters. The van der Waals surface area contributed by atoms with Crippen molar-refractivity contribution in [2.45, 2.75) is 6.92 Å². The van der Waals surface area contributed by atoms with Gasteiger partial charge in [0.05, 0.1) is 10.9 Å². The van der Waals surface area contributed by atoms with Gasteiger partial charge in [0.2, 0.25) is 11.4 Å². The Hall–Kier alpha value is -4.20. The van der Waals surface area contributed by atoms with Crippen LogP contribution >= 0.6 is 0 Å². The zero-order valence-corrected chi connectivity index (χ0v) is 18.8. The van der Waals surface area contributed by atoms with Gasteiger partial charge < -0.3 is 19.0 Å². The van der Waals surface area contributed by atoms with E-state index in [0.717, 1.165) is 5.56 Å². The zero-order chi connectivity index (χ0) is 23.5. The first kappa shape index (κ1) is 21.6. The maximum Gasteiger partial charge on any atom is 0.260 e.